The summed E-state index contributed by atoms with van der Waals surface area (Å²) >= 11 is 0. The number of halogens is 3. The Hall–Kier alpha value is -0.780. The fourth-order valence-electron chi connectivity index (χ4n) is 3.21. The summed E-state index contributed by atoms with van der Waals surface area (Å²) in [4.78, 5) is 12.3. The van der Waals surface area contributed by atoms with Crippen molar-refractivity contribution in [2.24, 2.45) is 23.5 Å². The average molecular weight is 308 g/mol. The minimum Gasteiger partial charge on any atom is -0.349 e. The maximum absolute atomic E-state index is 12.8. The van der Waals surface area contributed by atoms with Gasteiger partial charge in [-0.25, -0.2) is 0 Å². The summed E-state index contributed by atoms with van der Waals surface area (Å²) in [7, 11) is 0. The molecule has 1 rings (SSSR count). The third-order valence-corrected chi connectivity index (χ3v) is 4.24. The minimum atomic E-state index is -4.20. The van der Waals surface area contributed by atoms with E-state index >= 15 is 0 Å². The van der Waals surface area contributed by atoms with Gasteiger partial charge in [0, 0.05) is 18.0 Å². The first-order chi connectivity index (χ1) is 9.57. The average Bonchev–Trinajstić information content (AvgIpc) is 2.37. The molecule has 0 heterocycles. The minimum absolute atomic E-state index is 0.0995. The number of hydrogen-bond acceptors (Lipinski definition) is 2. The van der Waals surface area contributed by atoms with E-state index in [4.69, 9.17) is 5.73 Å². The maximum Gasteiger partial charge on any atom is 0.391 e. The van der Waals surface area contributed by atoms with Crippen LogP contribution in [0.1, 0.15) is 52.9 Å². The molecule has 0 aromatic carbocycles. The molecule has 1 aliphatic carbocycles. The van der Waals surface area contributed by atoms with E-state index in [1.54, 1.807) is 0 Å². The molecule has 1 aliphatic rings. The molecule has 0 spiro atoms. The molecule has 3 N–H and O–H groups in total. The fourth-order valence-corrected chi connectivity index (χ4v) is 3.21. The third-order valence-electron chi connectivity index (χ3n) is 4.24. The monoisotopic (exact) mass is 308 g/mol. The Balaban J connectivity index is 2.66. The van der Waals surface area contributed by atoms with E-state index in [1.807, 2.05) is 20.8 Å². The first kappa shape index (κ1) is 18.3. The summed E-state index contributed by atoms with van der Waals surface area (Å²) in [5.41, 5.74) is 5.19. The molecule has 6 heteroatoms. The van der Waals surface area contributed by atoms with Gasteiger partial charge >= 0.3 is 6.18 Å². The van der Waals surface area contributed by atoms with E-state index < -0.39 is 23.6 Å². The van der Waals surface area contributed by atoms with Crippen LogP contribution in [0.5, 0.6) is 0 Å². The van der Waals surface area contributed by atoms with Crippen LogP contribution in [0.3, 0.4) is 0 Å². The highest BCUT2D eigenvalue weighted by Crippen LogP contribution is 2.40. The third kappa shape index (κ3) is 5.49. The summed E-state index contributed by atoms with van der Waals surface area (Å²) in [5, 5.41) is 2.88. The lowest BCUT2D eigenvalue weighted by molar-refractivity contribution is -0.186. The summed E-state index contributed by atoms with van der Waals surface area (Å²) in [6, 6.07) is 0. The van der Waals surface area contributed by atoms with E-state index in [0.29, 0.717) is 25.2 Å². The van der Waals surface area contributed by atoms with Gasteiger partial charge in [0.2, 0.25) is 5.91 Å². The Labute approximate surface area is 124 Å². The Morgan fingerprint density at radius 1 is 1.33 bits per heavy atom. The van der Waals surface area contributed by atoms with Gasteiger partial charge in [0.1, 0.15) is 0 Å². The van der Waals surface area contributed by atoms with Crippen LogP contribution in [0, 0.1) is 17.8 Å². The molecule has 0 aliphatic heterocycles. The van der Waals surface area contributed by atoms with Crippen LogP contribution < -0.4 is 11.1 Å². The van der Waals surface area contributed by atoms with E-state index in [1.165, 1.54) is 0 Å². The van der Waals surface area contributed by atoms with Gasteiger partial charge in [-0.3, -0.25) is 4.79 Å². The van der Waals surface area contributed by atoms with Gasteiger partial charge < -0.3 is 11.1 Å². The number of nitrogens with two attached hydrogens (primary N) is 1. The SMILES string of the molecule is CC(C)CC(C)(CN)NC(=O)C1CCCC(C(F)(F)F)C1. The molecule has 1 fully saturated rings. The zero-order valence-corrected chi connectivity index (χ0v) is 13.1. The second kappa shape index (κ2) is 6.99. The first-order valence-electron chi connectivity index (χ1n) is 7.66. The number of alkyl halides is 3. The quantitative estimate of drug-likeness (QED) is 0.819. The molecule has 3 nitrogen and oxygen atoms in total. The van der Waals surface area contributed by atoms with Crippen LogP contribution in [-0.4, -0.2) is 24.2 Å². The molecule has 124 valence electrons. The molecular weight excluding hydrogens is 281 g/mol. The van der Waals surface area contributed by atoms with Crippen molar-refractivity contribution in [2.75, 3.05) is 6.54 Å². The number of carbonyl (C=O) groups excluding carboxylic acids is 1. The van der Waals surface area contributed by atoms with Crippen molar-refractivity contribution < 1.29 is 18.0 Å². The number of amides is 1. The highest BCUT2D eigenvalue weighted by atomic mass is 19.4. The Morgan fingerprint density at radius 2 is 1.95 bits per heavy atom. The lowest BCUT2D eigenvalue weighted by Gasteiger charge is -2.35. The zero-order chi connectivity index (χ0) is 16.3. The predicted octanol–water partition coefficient (Wildman–Crippen LogP) is 3.23. The molecule has 0 radical (unpaired) electrons. The van der Waals surface area contributed by atoms with Gasteiger partial charge in [-0.15, -0.1) is 0 Å². The van der Waals surface area contributed by atoms with E-state index in [2.05, 4.69) is 5.32 Å². The van der Waals surface area contributed by atoms with Crippen molar-refractivity contribution in [1.29, 1.82) is 0 Å². The normalized spacial score (nSPS) is 26.5. The van der Waals surface area contributed by atoms with Crippen molar-refractivity contribution in [3.63, 3.8) is 0 Å². The van der Waals surface area contributed by atoms with Crippen LogP contribution in [0.2, 0.25) is 0 Å². The van der Waals surface area contributed by atoms with Gasteiger partial charge in [-0.1, -0.05) is 20.3 Å². The number of nitrogens with one attached hydrogen (secondary N) is 1. The lowest BCUT2D eigenvalue weighted by atomic mass is 9.80. The van der Waals surface area contributed by atoms with Crippen LogP contribution in [0.25, 0.3) is 0 Å². The summed E-state index contributed by atoms with van der Waals surface area (Å²) < 4.78 is 38.4. The Kier molecular flexibility index (Phi) is 6.08. The predicted molar refractivity (Wildman–Crippen MR) is 76.6 cm³/mol. The largest absolute Gasteiger partial charge is 0.391 e. The topological polar surface area (TPSA) is 55.1 Å². The number of carbonyl (C=O) groups is 1. The molecule has 3 unspecified atom stereocenters. The summed E-state index contributed by atoms with van der Waals surface area (Å²) in [6.45, 7) is 6.20. The Morgan fingerprint density at radius 3 is 2.43 bits per heavy atom. The Bertz CT molecular complexity index is 357. The summed E-state index contributed by atoms with van der Waals surface area (Å²) in [6.07, 6.45) is -2.48. The lowest BCUT2D eigenvalue weighted by Crippen LogP contribution is -2.54. The van der Waals surface area contributed by atoms with E-state index in [0.717, 1.165) is 0 Å². The zero-order valence-electron chi connectivity index (χ0n) is 13.1. The number of rotatable bonds is 5. The fraction of sp³-hybridized carbons (Fsp3) is 0.933. The molecule has 0 aromatic rings. The number of hydrogen-bond donors (Lipinski definition) is 2. The molecular formula is C15H27F3N2O. The highest BCUT2D eigenvalue weighted by molar-refractivity contribution is 5.79. The molecule has 0 bridgehead atoms. The standard InChI is InChI=1S/C15H27F3N2O/c1-10(2)8-14(3,9-19)20-13(21)11-5-4-6-12(7-11)15(16,17)18/h10-12H,4-9,19H2,1-3H3,(H,20,21). The molecule has 3 atom stereocenters. The van der Waals surface area contributed by atoms with Crippen molar-refractivity contribution in [3.8, 4) is 0 Å². The molecule has 0 saturated heterocycles. The molecule has 21 heavy (non-hydrogen) atoms. The van der Waals surface area contributed by atoms with Crippen LogP contribution in [0.4, 0.5) is 13.2 Å². The van der Waals surface area contributed by atoms with Gasteiger partial charge in [-0.2, -0.15) is 13.2 Å². The van der Waals surface area contributed by atoms with Gasteiger partial charge in [0.05, 0.1) is 5.92 Å². The van der Waals surface area contributed by atoms with Crippen molar-refractivity contribution in [2.45, 2.75) is 64.6 Å². The second-order valence-electron chi connectivity index (χ2n) is 6.95. The van der Waals surface area contributed by atoms with Gasteiger partial charge in [0.15, 0.2) is 0 Å². The first-order valence-corrected chi connectivity index (χ1v) is 7.66. The summed E-state index contributed by atoms with van der Waals surface area (Å²) in [5.74, 6) is -1.83. The van der Waals surface area contributed by atoms with Crippen LogP contribution >= 0.6 is 0 Å². The smallest absolute Gasteiger partial charge is 0.349 e. The van der Waals surface area contributed by atoms with Crippen molar-refractivity contribution >= 4 is 5.91 Å². The van der Waals surface area contributed by atoms with Gasteiger partial charge in [-0.05, 0) is 38.5 Å². The molecule has 0 aromatic heterocycles. The van der Waals surface area contributed by atoms with Crippen LogP contribution in [0.15, 0.2) is 0 Å². The molecule has 1 amide bonds. The molecule has 1 saturated carbocycles. The maximum atomic E-state index is 12.8. The van der Waals surface area contributed by atoms with Crippen molar-refractivity contribution in [1.82, 2.24) is 5.32 Å². The van der Waals surface area contributed by atoms with Crippen LogP contribution in [-0.2, 0) is 4.79 Å². The highest BCUT2D eigenvalue weighted by Gasteiger charge is 2.44. The van der Waals surface area contributed by atoms with Crippen molar-refractivity contribution in [3.05, 3.63) is 0 Å². The second-order valence-corrected chi connectivity index (χ2v) is 6.95. The van der Waals surface area contributed by atoms with E-state index in [9.17, 15) is 18.0 Å². The van der Waals surface area contributed by atoms with E-state index in [-0.39, 0.29) is 25.3 Å². The van der Waals surface area contributed by atoms with Gasteiger partial charge in [0.25, 0.3) is 0 Å².